The lowest BCUT2D eigenvalue weighted by atomic mass is 10.1. The van der Waals surface area contributed by atoms with E-state index in [0.29, 0.717) is 17.9 Å². The van der Waals surface area contributed by atoms with Crippen molar-refractivity contribution in [2.45, 2.75) is 18.9 Å². The molecule has 1 N–H and O–H groups in total. The molecule has 1 aromatic heterocycles. The van der Waals surface area contributed by atoms with Crippen molar-refractivity contribution in [2.75, 3.05) is 25.1 Å². The van der Waals surface area contributed by atoms with Gasteiger partial charge in [0.2, 0.25) is 0 Å². The second-order valence-electron chi connectivity index (χ2n) is 4.11. The number of hydrogen-bond acceptors (Lipinski definition) is 5. The number of nitrogens with zero attached hydrogens (tertiary/aromatic N) is 2. The Labute approximate surface area is 100 Å². The highest BCUT2D eigenvalue weighted by Gasteiger charge is 2.23. The molecule has 1 aliphatic rings. The van der Waals surface area contributed by atoms with E-state index in [4.69, 9.17) is 4.74 Å². The summed E-state index contributed by atoms with van der Waals surface area (Å²) in [6.45, 7) is 1.32. The van der Waals surface area contributed by atoms with E-state index >= 15 is 0 Å². The lowest BCUT2D eigenvalue weighted by molar-refractivity contribution is 0.0600. The number of carbonyl (C=O) groups excluding carboxylic acids is 1. The first-order valence-electron chi connectivity index (χ1n) is 5.68. The number of methoxy groups -OCH3 is 1. The molecule has 0 saturated carbocycles. The summed E-state index contributed by atoms with van der Waals surface area (Å²) >= 11 is 0. The van der Waals surface area contributed by atoms with Crippen molar-refractivity contribution in [3.63, 3.8) is 0 Å². The van der Waals surface area contributed by atoms with Crippen LogP contribution in [0.25, 0.3) is 0 Å². The summed E-state index contributed by atoms with van der Waals surface area (Å²) in [4.78, 5) is 17.8. The SMILES string of the molecule is COC(=O)c1cccnc1N1CCC[C@H](O)C1. The molecule has 2 heterocycles. The number of pyridine rings is 1. The number of aliphatic hydroxyl groups excluding tert-OH is 1. The van der Waals surface area contributed by atoms with Crippen molar-refractivity contribution in [3.8, 4) is 0 Å². The van der Waals surface area contributed by atoms with Crippen LogP contribution in [0.3, 0.4) is 0 Å². The summed E-state index contributed by atoms with van der Waals surface area (Å²) in [7, 11) is 1.35. The van der Waals surface area contributed by atoms with Gasteiger partial charge in [-0.2, -0.15) is 0 Å². The first-order chi connectivity index (χ1) is 8.22. The largest absolute Gasteiger partial charge is 0.465 e. The Morgan fingerprint density at radius 1 is 1.65 bits per heavy atom. The fourth-order valence-corrected chi connectivity index (χ4v) is 2.07. The number of piperidine rings is 1. The number of rotatable bonds is 2. The Balaban J connectivity index is 2.27. The quantitative estimate of drug-likeness (QED) is 0.771. The highest BCUT2D eigenvalue weighted by molar-refractivity contribution is 5.94. The second kappa shape index (κ2) is 5.14. The Morgan fingerprint density at radius 2 is 2.47 bits per heavy atom. The lowest BCUT2D eigenvalue weighted by Crippen LogP contribution is -2.39. The number of aliphatic hydroxyl groups is 1. The van der Waals surface area contributed by atoms with Gasteiger partial charge >= 0.3 is 5.97 Å². The summed E-state index contributed by atoms with van der Waals surface area (Å²) in [5.41, 5.74) is 0.448. The molecule has 0 radical (unpaired) electrons. The molecule has 92 valence electrons. The maximum Gasteiger partial charge on any atom is 0.341 e. The summed E-state index contributed by atoms with van der Waals surface area (Å²) in [5.74, 6) is 0.200. The van der Waals surface area contributed by atoms with Crippen LogP contribution in [0, 0.1) is 0 Å². The zero-order chi connectivity index (χ0) is 12.3. The number of anilines is 1. The van der Waals surface area contributed by atoms with Crippen molar-refractivity contribution < 1.29 is 14.6 Å². The van der Waals surface area contributed by atoms with E-state index in [1.165, 1.54) is 7.11 Å². The van der Waals surface area contributed by atoms with E-state index < -0.39 is 5.97 Å². The fraction of sp³-hybridized carbons (Fsp3) is 0.500. The van der Waals surface area contributed by atoms with Crippen molar-refractivity contribution in [3.05, 3.63) is 23.9 Å². The molecule has 0 aliphatic carbocycles. The van der Waals surface area contributed by atoms with Gasteiger partial charge in [0, 0.05) is 19.3 Å². The van der Waals surface area contributed by atoms with E-state index in [1.54, 1.807) is 18.3 Å². The minimum Gasteiger partial charge on any atom is -0.465 e. The maximum absolute atomic E-state index is 11.6. The summed E-state index contributed by atoms with van der Waals surface area (Å²) in [5, 5.41) is 9.64. The highest BCUT2D eigenvalue weighted by atomic mass is 16.5. The number of β-amino-alcohol motifs (C(OH)–C–C–N with tert-alkyl or cyclic N) is 1. The zero-order valence-corrected chi connectivity index (χ0v) is 9.80. The molecule has 1 fully saturated rings. The van der Waals surface area contributed by atoms with E-state index in [0.717, 1.165) is 19.4 Å². The zero-order valence-electron chi connectivity index (χ0n) is 9.80. The molecule has 0 unspecified atom stereocenters. The third-order valence-electron chi connectivity index (χ3n) is 2.89. The first kappa shape index (κ1) is 11.9. The average Bonchev–Trinajstić information content (AvgIpc) is 2.38. The Kier molecular flexibility index (Phi) is 3.58. The smallest absolute Gasteiger partial charge is 0.341 e. The van der Waals surface area contributed by atoms with Crippen LogP contribution in [0.1, 0.15) is 23.2 Å². The van der Waals surface area contributed by atoms with Crippen LogP contribution >= 0.6 is 0 Å². The molecule has 0 spiro atoms. The number of carbonyl (C=O) groups is 1. The Bertz CT molecular complexity index is 408. The molecular formula is C12H16N2O3. The summed E-state index contributed by atoms with van der Waals surface area (Å²) in [6, 6.07) is 3.39. The van der Waals surface area contributed by atoms with Gasteiger partial charge in [-0.15, -0.1) is 0 Å². The van der Waals surface area contributed by atoms with Crippen molar-refractivity contribution in [1.82, 2.24) is 4.98 Å². The number of hydrogen-bond donors (Lipinski definition) is 1. The molecule has 1 saturated heterocycles. The summed E-state index contributed by atoms with van der Waals surface area (Å²) < 4.78 is 4.73. The topological polar surface area (TPSA) is 62.7 Å². The van der Waals surface area contributed by atoms with Crippen molar-refractivity contribution in [1.29, 1.82) is 0 Å². The molecule has 2 rings (SSSR count). The van der Waals surface area contributed by atoms with Crippen LogP contribution in [0.4, 0.5) is 5.82 Å². The Hall–Kier alpha value is -1.62. The van der Waals surface area contributed by atoms with Gasteiger partial charge in [-0.25, -0.2) is 9.78 Å². The van der Waals surface area contributed by atoms with Crippen LogP contribution < -0.4 is 4.90 Å². The van der Waals surface area contributed by atoms with Crippen LogP contribution in [0.15, 0.2) is 18.3 Å². The van der Waals surface area contributed by atoms with Gasteiger partial charge in [-0.3, -0.25) is 0 Å². The highest BCUT2D eigenvalue weighted by Crippen LogP contribution is 2.22. The minimum atomic E-state index is -0.395. The molecule has 1 atom stereocenters. The monoisotopic (exact) mass is 236 g/mol. The third kappa shape index (κ3) is 2.55. The van der Waals surface area contributed by atoms with E-state index in [2.05, 4.69) is 4.98 Å². The van der Waals surface area contributed by atoms with Gasteiger partial charge in [0.1, 0.15) is 11.4 Å². The number of aromatic nitrogens is 1. The average molecular weight is 236 g/mol. The fourth-order valence-electron chi connectivity index (χ4n) is 2.07. The van der Waals surface area contributed by atoms with Gasteiger partial charge < -0.3 is 14.7 Å². The van der Waals surface area contributed by atoms with Gasteiger partial charge in [-0.1, -0.05) is 0 Å². The molecular weight excluding hydrogens is 220 g/mol. The first-order valence-corrected chi connectivity index (χ1v) is 5.68. The molecule has 1 aliphatic heterocycles. The summed E-state index contributed by atoms with van der Waals surface area (Å²) in [6.07, 6.45) is 2.99. The van der Waals surface area contributed by atoms with E-state index in [-0.39, 0.29) is 6.10 Å². The maximum atomic E-state index is 11.6. The van der Waals surface area contributed by atoms with Crippen LogP contribution in [-0.2, 0) is 4.74 Å². The number of ether oxygens (including phenoxy) is 1. The van der Waals surface area contributed by atoms with E-state index in [9.17, 15) is 9.90 Å². The normalized spacial score (nSPS) is 20.1. The second-order valence-corrected chi connectivity index (χ2v) is 4.11. The standard InChI is InChI=1S/C12H16N2O3/c1-17-12(16)10-5-2-6-13-11(10)14-7-3-4-9(15)8-14/h2,5-6,9,15H,3-4,7-8H2,1H3/t9-/m0/s1. The van der Waals surface area contributed by atoms with Gasteiger partial charge in [0.15, 0.2) is 0 Å². The van der Waals surface area contributed by atoms with Crippen molar-refractivity contribution >= 4 is 11.8 Å². The van der Waals surface area contributed by atoms with E-state index in [1.807, 2.05) is 4.90 Å². The third-order valence-corrected chi connectivity index (χ3v) is 2.89. The van der Waals surface area contributed by atoms with Gasteiger partial charge in [-0.05, 0) is 25.0 Å². The lowest BCUT2D eigenvalue weighted by Gasteiger charge is -2.31. The predicted octanol–water partition coefficient (Wildman–Crippen LogP) is 0.829. The Morgan fingerprint density at radius 3 is 3.18 bits per heavy atom. The molecule has 17 heavy (non-hydrogen) atoms. The molecule has 5 nitrogen and oxygen atoms in total. The van der Waals surface area contributed by atoms with Crippen LogP contribution in [0.5, 0.6) is 0 Å². The van der Waals surface area contributed by atoms with Gasteiger partial charge in [0.05, 0.1) is 13.2 Å². The molecule has 0 aromatic carbocycles. The molecule has 0 bridgehead atoms. The predicted molar refractivity (Wildman–Crippen MR) is 63.0 cm³/mol. The van der Waals surface area contributed by atoms with Crippen LogP contribution in [0.2, 0.25) is 0 Å². The number of esters is 1. The van der Waals surface area contributed by atoms with Crippen molar-refractivity contribution in [2.24, 2.45) is 0 Å². The molecule has 0 amide bonds. The van der Waals surface area contributed by atoms with Crippen LogP contribution in [-0.4, -0.2) is 42.4 Å². The van der Waals surface area contributed by atoms with Gasteiger partial charge in [0.25, 0.3) is 0 Å². The minimum absolute atomic E-state index is 0.351. The molecule has 5 heteroatoms. The molecule has 1 aromatic rings.